The number of nitrogens with one attached hydrogen (secondary N) is 3. The lowest BCUT2D eigenvalue weighted by molar-refractivity contribution is -0.150. The minimum absolute atomic E-state index is 0.164. The fraction of sp³-hybridized carbons (Fsp3) is 0.625. The molecule has 254 valence electrons. The summed E-state index contributed by atoms with van der Waals surface area (Å²) in [5, 5.41) is 18.4. The molecule has 1 spiro atoms. The van der Waals surface area contributed by atoms with Crippen molar-refractivity contribution in [2.45, 2.75) is 81.7 Å². The van der Waals surface area contributed by atoms with E-state index in [2.05, 4.69) is 16.0 Å². The highest BCUT2D eigenvalue weighted by atomic mass is 32.2. The Morgan fingerprint density at radius 2 is 1.67 bits per heavy atom. The summed E-state index contributed by atoms with van der Waals surface area (Å²) in [7, 11) is 3.13. The number of hydrogen-bond acceptors (Lipinski definition) is 9. The Hall–Kier alpha value is -3.10. The highest BCUT2D eigenvalue weighted by Gasteiger charge is 2.52. The van der Waals surface area contributed by atoms with Crippen molar-refractivity contribution in [1.29, 1.82) is 0 Å². The third-order valence-corrected chi connectivity index (χ3v) is 11.3. The van der Waals surface area contributed by atoms with Crippen molar-refractivity contribution in [1.82, 2.24) is 25.8 Å². The third-order valence-electron chi connectivity index (χ3n) is 7.92. The molecule has 2 aliphatic heterocycles. The number of carbonyl (C=O) groups excluding carboxylic acids is 6. The van der Waals surface area contributed by atoms with E-state index in [9.17, 15) is 33.9 Å². The van der Waals surface area contributed by atoms with Crippen LogP contribution in [0.5, 0.6) is 0 Å². The Morgan fingerprint density at radius 1 is 1.04 bits per heavy atom. The van der Waals surface area contributed by atoms with Gasteiger partial charge in [0.15, 0.2) is 0 Å². The standard InChI is InChI=1S/C32H47N5O7S2/c1-7-12-21(25(39)28(42)33-18-23(38)35-24(29(43)36(5)6)20-13-9-8-10-14-20)34-27(41)22-17-32(45-15-11-16-46-32)19-37(22)30(44)26(40)31(2,3)4/h8-10,13-14,21-22,24,26,40H,7,11-12,15-19H2,1-6H3,(H,33,42)(H,34,41)(H,35,38)/t21?,22-,24?,26?/m0/s1. The van der Waals surface area contributed by atoms with Gasteiger partial charge in [-0.25, -0.2) is 0 Å². The highest BCUT2D eigenvalue weighted by Crippen LogP contribution is 2.50. The van der Waals surface area contributed by atoms with Gasteiger partial charge in [0.1, 0.15) is 18.2 Å². The van der Waals surface area contributed by atoms with Crippen molar-refractivity contribution in [3.05, 3.63) is 35.9 Å². The van der Waals surface area contributed by atoms with E-state index in [0.29, 0.717) is 18.4 Å². The van der Waals surface area contributed by atoms with Crippen LogP contribution in [-0.4, -0.2) is 111 Å². The smallest absolute Gasteiger partial charge is 0.290 e. The Kier molecular flexibility index (Phi) is 13.1. The molecule has 3 unspecified atom stereocenters. The number of carbonyl (C=O) groups is 6. The monoisotopic (exact) mass is 677 g/mol. The van der Waals surface area contributed by atoms with Crippen LogP contribution in [0.4, 0.5) is 0 Å². The van der Waals surface area contributed by atoms with Crippen molar-refractivity contribution in [2.24, 2.45) is 5.41 Å². The SMILES string of the molecule is CCCC(NC(=O)[C@@H]1CC2(CN1C(=O)C(O)C(C)(C)C)SCCCS2)C(=O)C(=O)NCC(=O)NC(C(=O)N(C)C)c1ccccc1. The molecule has 46 heavy (non-hydrogen) atoms. The fourth-order valence-corrected chi connectivity index (χ4v) is 8.64. The summed E-state index contributed by atoms with van der Waals surface area (Å²) in [6.45, 7) is 6.77. The molecule has 12 nitrogen and oxygen atoms in total. The van der Waals surface area contributed by atoms with Gasteiger partial charge in [0.05, 0.1) is 16.7 Å². The molecule has 2 fully saturated rings. The summed E-state index contributed by atoms with van der Waals surface area (Å²) in [6.07, 6.45) is 0.686. The number of amides is 5. The number of Topliss-reactive ketones (excluding diaryl/α,β-unsaturated/α-hetero) is 1. The zero-order valence-corrected chi connectivity index (χ0v) is 29.1. The molecular weight excluding hydrogens is 631 g/mol. The summed E-state index contributed by atoms with van der Waals surface area (Å²) in [6, 6.07) is 5.56. The van der Waals surface area contributed by atoms with E-state index in [0.717, 1.165) is 17.9 Å². The third kappa shape index (κ3) is 9.47. The maximum Gasteiger partial charge on any atom is 0.290 e. The second kappa shape index (κ2) is 16.1. The predicted octanol–water partition coefficient (Wildman–Crippen LogP) is 1.48. The molecular formula is C32H47N5O7S2. The number of aliphatic hydroxyl groups is 1. The first-order valence-electron chi connectivity index (χ1n) is 15.5. The van der Waals surface area contributed by atoms with Gasteiger partial charge in [0.2, 0.25) is 23.5 Å². The van der Waals surface area contributed by atoms with Crippen molar-refractivity contribution in [3.63, 3.8) is 0 Å². The summed E-state index contributed by atoms with van der Waals surface area (Å²) in [5.74, 6) is -2.34. The lowest BCUT2D eigenvalue weighted by atomic mass is 9.88. The van der Waals surface area contributed by atoms with Crippen LogP contribution in [-0.2, 0) is 28.8 Å². The van der Waals surface area contributed by atoms with Gasteiger partial charge in [-0.15, -0.1) is 23.5 Å². The molecule has 5 amide bonds. The predicted molar refractivity (Wildman–Crippen MR) is 179 cm³/mol. The number of aliphatic hydroxyl groups excluding tert-OH is 1. The second-order valence-corrected chi connectivity index (χ2v) is 16.2. The molecule has 1 aromatic carbocycles. The molecule has 4 atom stereocenters. The zero-order valence-electron chi connectivity index (χ0n) is 27.5. The fourth-order valence-electron chi connectivity index (χ4n) is 5.29. The van der Waals surface area contributed by atoms with E-state index < -0.39 is 69.7 Å². The maximum absolute atomic E-state index is 13.7. The average Bonchev–Trinajstić information content (AvgIpc) is 3.39. The van der Waals surface area contributed by atoms with Crippen LogP contribution in [0.1, 0.15) is 65.0 Å². The Morgan fingerprint density at radius 3 is 2.24 bits per heavy atom. The van der Waals surface area contributed by atoms with Crippen molar-refractivity contribution < 1.29 is 33.9 Å². The van der Waals surface area contributed by atoms with Gasteiger partial charge in [0.25, 0.3) is 11.8 Å². The van der Waals surface area contributed by atoms with Crippen LogP contribution in [0.2, 0.25) is 0 Å². The molecule has 0 radical (unpaired) electrons. The molecule has 1 aromatic rings. The molecule has 2 saturated heterocycles. The van der Waals surface area contributed by atoms with Crippen LogP contribution in [0.3, 0.4) is 0 Å². The summed E-state index contributed by atoms with van der Waals surface area (Å²) in [5.41, 5.74) is -0.184. The Balaban J connectivity index is 1.69. The number of ketones is 1. The first-order chi connectivity index (χ1) is 21.6. The maximum atomic E-state index is 13.7. The van der Waals surface area contributed by atoms with Gasteiger partial charge in [-0.1, -0.05) is 64.4 Å². The number of nitrogens with zero attached hydrogens (tertiary/aromatic N) is 2. The van der Waals surface area contributed by atoms with Gasteiger partial charge >= 0.3 is 0 Å². The quantitative estimate of drug-likeness (QED) is 0.240. The van der Waals surface area contributed by atoms with E-state index in [4.69, 9.17) is 0 Å². The van der Waals surface area contributed by atoms with Gasteiger partial charge in [-0.05, 0) is 35.3 Å². The molecule has 2 aliphatic rings. The first-order valence-corrected chi connectivity index (χ1v) is 17.5. The number of likely N-dealkylation sites (tertiary alicyclic amines) is 1. The number of thioether (sulfide) groups is 2. The Labute approximate surface area is 279 Å². The number of benzene rings is 1. The van der Waals surface area contributed by atoms with Gasteiger partial charge < -0.3 is 30.9 Å². The normalized spacial score (nSPS) is 19.5. The minimum atomic E-state index is -1.32. The Bertz CT molecular complexity index is 1280. The van der Waals surface area contributed by atoms with Crippen LogP contribution in [0.15, 0.2) is 30.3 Å². The second-order valence-electron chi connectivity index (χ2n) is 13.0. The number of rotatable bonds is 12. The molecule has 3 rings (SSSR count). The first kappa shape index (κ1) is 37.4. The van der Waals surface area contributed by atoms with E-state index in [-0.39, 0.29) is 18.9 Å². The van der Waals surface area contributed by atoms with Crippen molar-refractivity contribution >= 4 is 58.8 Å². The van der Waals surface area contributed by atoms with Gasteiger partial charge in [-0.2, -0.15) is 0 Å². The largest absolute Gasteiger partial charge is 0.383 e. The number of likely N-dealkylation sites (N-methyl/N-ethyl adjacent to an activating group) is 1. The van der Waals surface area contributed by atoms with Crippen LogP contribution in [0.25, 0.3) is 0 Å². The molecule has 0 bridgehead atoms. The van der Waals surface area contributed by atoms with Crippen LogP contribution in [0, 0.1) is 5.41 Å². The van der Waals surface area contributed by atoms with E-state index >= 15 is 0 Å². The topological polar surface area (TPSA) is 165 Å². The molecule has 14 heteroatoms. The van der Waals surface area contributed by atoms with Crippen LogP contribution >= 0.6 is 23.5 Å². The lowest BCUT2D eigenvalue weighted by Gasteiger charge is -2.33. The summed E-state index contributed by atoms with van der Waals surface area (Å²) in [4.78, 5) is 81.6. The van der Waals surface area contributed by atoms with Gasteiger partial charge in [0, 0.05) is 27.1 Å². The molecule has 2 heterocycles. The van der Waals surface area contributed by atoms with Crippen molar-refractivity contribution in [2.75, 3.05) is 38.7 Å². The lowest BCUT2D eigenvalue weighted by Crippen LogP contribution is -2.55. The van der Waals surface area contributed by atoms with Crippen LogP contribution < -0.4 is 16.0 Å². The van der Waals surface area contributed by atoms with E-state index in [1.807, 2.05) is 0 Å². The molecule has 0 aromatic heterocycles. The van der Waals surface area contributed by atoms with E-state index in [1.54, 1.807) is 95.6 Å². The molecule has 4 N–H and O–H groups in total. The highest BCUT2D eigenvalue weighted by molar-refractivity contribution is 8.18. The number of hydrogen-bond donors (Lipinski definition) is 4. The van der Waals surface area contributed by atoms with Crippen molar-refractivity contribution in [3.8, 4) is 0 Å². The minimum Gasteiger partial charge on any atom is -0.383 e. The summed E-state index contributed by atoms with van der Waals surface area (Å²) < 4.78 is -0.395. The average molecular weight is 678 g/mol. The molecule has 0 aliphatic carbocycles. The molecule has 0 saturated carbocycles. The summed E-state index contributed by atoms with van der Waals surface area (Å²) >= 11 is 3.41. The zero-order chi connectivity index (χ0) is 34.2. The van der Waals surface area contributed by atoms with E-state index in [1.165, 1.54) is 9.80 Å². The van der Waals surface area contributed by atoms with Gasteiger partial charge in [-0.3, -0.25) is 28.8 Å².